The summed E-state index contributed by atoms with van der Waals surface area (Å²) in [7, 11) is 0. The second-order valence-corrected chi connectivity index (χ2v) is 3.67. The van der Waals surface area contributed by atoms with Gasteiger partial charge in [-0.2, -0.15) is 0 Å². The first-order valence-electron chi connectivity index (χ1n) is 5.18. The zero-order valence-electron chi connectivity index (χ0n) is 9.29. The number of anilines is 1. The number of ether oxygens (including phenoxy) is 1. The third-order valence-corrected chi connectivity index (χ3v) is 2.41. The first kappa shape index (κ1) is 12.3. The number of rotatable bonds is 3. The maximum atomic E-state index is 13.3. The SMILES string of the molecule is Nc1cc(F)ccc1OCc1c(F)cccc1F. The molecule has 0 spiro atoms. The number of hydrogen-bond donors (Lipinski definition) is 1. The molecule has 0 amide bonds. The van der Waals surface area contributed by atoms with Crippen molar-refractivity contribution in [1.29, 1.82) is 0 Å². The Bertz CT molecular complexity index is 552. The molecule has 0 fully saturated rings. The molecule has 2 aromatic carbocycles. The quantitative estimate of drug-likeness (QED) is 0.852. The van der Waals surface area contributed by atoms with E-state index < -0.39 is 17.5 Å². The first-order valence-corrected chi connectivity index (χ1v) is 5.18. The fourth-order valence-corrected chi connectivity index (χ4v) is 1.47. The van der Waals surface area contributed by atoms with Gasteiger partial charge >= 0.3 is 0 Å². The van der Waals surface area contributed by atoms with E-state index in [9.17, 15) is 13.2 Å². The van der Waals surface area contributed by atoms with Gasteiger partial charge in [-0.3, -0.25) is 0 Å². The average Bonchev–Trinajstić information content (AvgIpc) is 2.31. The summed E-state index contributed by atoms with van der Waals surface area (Å²) in [6, 6.07) is 7.08. The number of hydrogen-bond acceptors (Lipinski definition) is 2. The normalized spacial score (nSPS) is 10.4. The van der Waals surface area contributed by atoms with Crippen molar-refractivity contribution in [2.75, 3.05) is 5.73 Å². The van der Waals surface area contributed by atoms with Gasteiger partial charge in [0, 0.05) is 6.07 Å². The third kappa shape index (κ3) is 2.56. The van der Waals surface area contributed by atoms with Gasteiger partial charge in [-0.05, 0) is 24.3 Å². The molecule has 2 N–H and O–H groups in total. The summed E-state index contributed by atoms with van der Waals surface area (Å²) in [5.74, 6) is -1.72. The van der Waals surface area contributed by atoms with Crippen LogP contribution in [0.5, 0.6) is 5.75 Å². The summed E-state index contributed by atoms with van der Waals surface area (Å²) < 4.78 is 44.6. The van der Waals surface area contributed by atoms with Crippen molar-refractivity contribution < 1.29 is 17.9 Å². The van der Waals surface area contributed by atoms with Crippen LogP contribution in [0.1, 0.15) is 5.56 Å². The first-order chi connectivity index (χ1) is 8.58. The fourth-order valence-electron chi connectivity index (χ4n) is 1.47. The van der Waals surface area contributed by atoms with Crippen LogP contribution in [0.2, 0.25) is 0 Å². The van der Waals surface area contributed by atoms with Crippen molar-refractivity contribution in [3.8, 4) is 5.75 Å². The van der Waals surface area contributed by atoms with Gasteiger partial charge in [0.15, 0.2) is 0 Å². The molecule has 2 rings (SSSR count). The van der Waals surface area contributed by atoms with Crippen LogP contribution in [0.4, 0.5) is 18.9 Å². The molecule has 0 saturated heterocycles. The number of benzene rings is 2. The Balaban J connectivity index is 2.16. The molecule has 0 aliphatic heterocycles. The lowest BCUT2D eigenvalue weighted by atomic mass is 10.2. The zero-order chi connectivity index (χ0) is 13.1. The molecule has 18 heavy (non-hydrogen) atoms. The second kappa shape index (κ2) is 5.00. The number of nitrogens with two attached hydrogens (primary N) is 1. The minimum atomic E-state index is -0.698. The van der Waals surface area contributed by atoms with Crippen molar-refractivity contribution in [3.05, 3.63) is 59.4 Å². The Labute approximate surface area is 102 Å². The Morgan fingerprint density at radius 3 is 2.28 bits per heavy atom. The molecule has 0 heterocycles. The molecule has 0 unspecified atom stereocenters. The smallest absolute Gasteiger partial charge is 0.142 e. The van der Waals surface area contributed by atoms with E-state index in [0.29, 0.717) is 0 Å². The fraction of sp³-hybridized carbons (Fsp3) is 0.0769. The third-order valence-electron chi connectivity index (χ3n) is 2.41. The molecule has 0 saturated carbocycles. The lowest BCUT2D eigenvalue weighted by Crippen LogP contribution is -2.03. The Morgan fingerprint density at radius 1 is 1.00 bits per heavy atom. The molecule has 0 bridgehead atoms. The maximum absolute atomic E-state index is 13.3. The van der Waals surface area contributed by atoms with Crippen LogP contribution in [0.3, 0.4) is 0 Å². The average molecular weight is 253 g/mol. The summed E-state index contributed by atoms with van der Waals surface area (Å²) in [6.45, 7) is -0.311. The summed E-state index contributed by atoms with van der Waals surface area (Å²) >= 11 is 0. The molecule has 2 nitrogen and oxygen atoms in total. The van der Waals surface area contributed by atoms with Gasteiger partial charge in [0.25, 0.3) is 0 Å². The van der Waals surface area contributed by atoms with Crippen molar-refractivity contribution in [2.24, 2.45) is 0 Å². The van der Waals surface area contributed by atoms with Crippen LogP contribution in [0.25, 0.3) is 0 Å². The molecule has 0 atom stereocenters. The highest BCUT2D eigenvalue weighted by molar-refractivity contribution is 5.52. The Hall–Kier alpha value is -2.17. The van der Waals surface area contributed by atoms with Gasteiger partial charge in [-0.1, -0.05) is 6.07 Å². The van der Waals surface area contributed by atoms with Crippen LogP contribution in [0, 0.1) is 17.5 Å². The molecule has 0 aliphatic carbocycles. The summed E-state index contributed by atoms with van der Waals surface area (Å²) in [4.78, 5) is 0. The van der Waals surface area contributed by atoms with Crippen molar-refractivity contribution >= 4 is 5.69 Å². The molecule has 5 heteroatoms. The predicted octanol–water partition coefficient (Wildman–Crippen LogP) is 3.27. The van der Waals surface area contributed by atoms with Crippen LogP contribution in [0.15, 0.2) is 36.4 Å². The van der Waals surface area contributed by atoms with Crippen molar-refractivity contribution in [3.63, 3.8) is 0 Å². The van der Waals surface area contributed by atoms with Gasteiger partial charge in [-0.25, -0.2) is 13.2 Å². The molecule has 94 valence electrons. The van der Waals surface area contributed by atoms with Crippen LogP contribution in [-0.2, 0) is 6.61 Å². The lowest BCUT2D eigenvalue weighted by Gasteiger charge is -2.10. The van der Waals surface area contributed by atoms with E-state index >= 15 is 0 Å². The minimum absolute atomic E-state index is 0.0757. The number of halogens is 3. The molecule has 0 radical (unpaired) electrons. The number of nitrogen functional groups attached to an aromatic ring is 1. The molecular weight excluding hydrogens is 243 g/mol. The molecule has 0 aromatic heterocycles. The van der Waals surface area contributed by atoms with Gasteiger partial charge < -0.3 is 10.5 Å². The van der Waals surface area contributed by atoms with E-state index in [0.717, 1.165) is 24.3 Å². The van der Waals surface area contributed by atoms with Gasteiger partial charge in [0.1, 0.15) is 29.8 Å². The monoisotopic (exact) mass is 253 g/mol. The summed E-state index contributed by atoms with van der Waals surface area (Å²) in [5.41, 5.74) is 5.39. The predicted molar refractivity (Wildman–Crippen MR) is 61.5 cm³/mol. The highest BCUT2D eigenvalue weighted by Gasteiger charge is 2.10. The van der Waals surface area contributed by atoms with E-state index in [4.69, 9.17) is 10.5 Å². The summed E-state index contributed by atoms with van der Waals surface area (Å²) in [5, 5.41) is 0. The lowest BCUT2D eigenvalue weighted by molar-refractivity contribution is 0.293. The van der Waals surface area contributed by atoms with Gasteiger partial charge in [-0.15, -0.1) is 0 Å². The molecular formula is C13H10F3NO. The van der Waals surface area contributed by atoms with Crippen LogP contribution < -0.4 is 10.5 Å². The van der Waals surface area contributed by atoms with Crippen molar-refractivity contribution in [2.45, 2.75) is 6.61 Å². The van der Waals surface area contributed by atoms with E-state index in [1.165, 1.54) is 12.1 Å². The molecule has 2 aromatic rings. The van der Waals surface area contributed by atoms with Crippen molar-refractivity contribution in [1.82, 2.24) is 0 Å². The zero-order valence-corrected chi connectivity index (χ0v) is 9.29. The highest BCUT2D eigenvalue weighted by Crippen LogP contribution is 2.23. The minimum Gasteiger partial charge on any atom is -0.487 e. The highest BCUT2D eigenvalue weighted by atomic mass is 19.1. The largest absolute Gasteiger partial charge is 0.487 e. The second-order valence-electron chi connectivity index (χ2n) is 3.67. The van der Waals surface area contributed by atoms with E-state index in [1.807, 2.05) is 0 Å². The topological polar surface area (TPSA) is 35.2 Å². The summed E-state index contributed by atoms with van der Waals surface area (Å²) in [6.07, 6.45) is 0. The molecule has 0 aliphatic rings. The van der Waals surface area contributed by atoms with E-state index in [2.05, 4.69) is 0 Å². The Kier molecular flexibility index (Phi) is 3.41. The van der Waals surface area contributed by atoms with Gasteiger partial charge in [0.2, 0.25) is 0 Å². The van der Waals surface area contributed by atoms with E-state index in [1.54, 1.807) is 0 Å². The standard InChI is InChI=1S/C13H10F3NO/c14-8-4-5-13(12(17)6-8)18-7-9-10(15)2-1-3-11(9)16/h1-6H,7,17H2. The maximum Gasteiger partial charge on any atom is 0.142 e. The van der Waals surface area contributed by atoms with E-state index in [-0.39, 0.29) is 23.6 Å². The van der Waals surface area contributed by atoms with Crippen LogP contribution in [-0.4, -0.2) is 0 Å². The van der Waals surface area contributed by atoms with Gasteiger partial charge in [0.05, 0.1) is 11.3 Å². The van der Waals surface area contributed by atoms with Crippen LogP contribution >= 0.6 is 0 Å². The Morgan fingerprint density at radius 2 is 1.67 bits per heavy atom.